The minimum atomic E-state index is -0.793. The average molecular weight is 277 g/mol. The number of benzene rings is 1. The number of rotatable bonds is 5. The van der Waals surface area contributed by atoms with Crippen LogP contribution in [0.5, 0.6) is 5.75 Å². The van der Waals surface area contributed by atoms with Crippen molar-refractivity contribution in [2.75, 3.05) is 7.11 Å². The average Bonchev–Trinajstić information content (AvgIpc) is 2.75. The third-order valence-electron chi connectivity index (χ3n) is 2.90. The third kappa shape index (κ3) is 3.47. The minimum absolute atomic E-state index is 0.0757. The summed E-state index contributed by atoms with van der Waals surface area (Å²) in [6.07, 6.45) is -0.0757. The fraction of sp³-hybridized carbons (Fsp3) is 0.308. The Morgan fingerprint density at radius 1 is 1.30 bits per heavy atom. The number of carbonyl (C=O) groups is 3. The zero-order valence-electron chi connectivity index (χ0n) is 10.9. The molecule has 1 aromatic carbocycles. The van der Waals surface area contributed by atoms with Crippen LogP contribution in [0.25, 0.3) is 0 Å². The lowest BCUT2D eigenvalue weighted by Gasteiger charge is -2.09. The predicted octanol–water partition coefficient (Wildman–Crippen LogP) is -0.0905. The molecule has 1 aliphatic heterocycles. The van der Waals surface area contributed by atoms with E-state index in [1.54, 1.807) is 19.2 Å². The smallest absolute Gasteiger partial charge is 0.322 e. The number of nitrogens with one attached hydrogen (secondary N) is 3. The molecule has 7 heteroatoms. The quantitative estimate of drug-likeness (QED) is 0.655. The highest BCUT2D eigenvalue weighted by atomic mass is 16.5. The predicted molar refractivity (Wildman–Crippen MR) is 69.9 cm³/mol. The van der Waals surface area contributed by atoms with E-state index in [0.29, 0.717) is 6.54 Å². The highest BCUT2D eigenvalue weighted by molar-refractivity contribution is 6.05. The fourth-order valence-corrected chi connectivity index (χ4v) is 1.80. The molecular weight excluding hydrogens is 262 g/mol. The normalized spacial score (nSPS) is 17.4. The monoisotopic (exact) mass is 277 g/mol. The largest absolute Gasteiger partial charge is 0.497 e. The number of hydrogen-bond donors (Lipinski definition) is 3. The van der Waals surface area contributed by atoms with Crippen LogP contribution in [0.1, 0.15) is 12.0 Å². The van der Waals surface area contributed by atoms with E-state index in [2.05, 4.69) is 16.0 Å². The first-order valence-corrected chi connectivity index (χ1v) is 6.09. The van der Waals surface area contributed by atoms with Crippen LogP contribution < -0.4 is 20.7 Å². The van der Waals surface area contributed by atoms with Gasteiger partial charge in [-0.15, -0.1) is 0 Å². The van der Waals surface area contributed by atoms with Gasteiger partial charge in [0.05, 0.1) is 13.5 Å². The molecule has 7 nitrogen and oxygen atoms in total. The lowest BCUT2D eigenvalue weighted by Crippen LogP contribution is -2.36. The van der Waals surface area contributed by atoms with Gasteiger partial charge in [-0.2, -0.15) is 0 Å². The second-order valence-corrected chi connectivity index (χ2v) is 4.34. The van der Waals surface area contributed by atoms with Gasteiger partial charge in [0.1, 0.15) is 11.8 Å². The Bertz CT molecular complexity index is 527. The summed E-state index contributed by atoms with van der Waals surface area (Å²) in [6.45, 7) is 0.352. The molecule has 1 unspecified atom stereocenters. The second-order valence-electron chi connectivity index (χ2n) is 4.34. The van der Waals surface area contributed by atoms with Crippen molar-refractivity contribution in [1.29, 1.82) is 0 Å². The molecule has 1 aromatic rings. The first-order valence-electron chi connectivity index (χ1n) is 6.09. The maximum absolute atomic E-state index is 11.7. The van der Waals surface area contributed by atoms with Crippen molar-refractivity contribution in [2.45, 2.75) is 19.0 Å². The van der Waals surface area contributed by atoms with E-state index in [1.165, 1.54) is 0 Å². The number of ether oxygens (including phenoxy) is 1. The van der Waals surface area contributed by atoms with Gasteiger partial charge in [0.15, 0.2) is 0 Å². The van der Waals surface area contributed by atoms with E-state index in [9.17, 15) is 14.4 Å². The number of imide groups is 1. The summed E-state index contributed by atoms with van der Waals surface area (Å²) in [5.74, 6) is -0.0387. The second kappa shape index (κ2) is 6.05. The summed E-state index contributed by atoms with van der Waals surface area (Å²) in [5, 5.41) is 7.13. The first-order chi connectivity index (χ1) is 9.58. The molecule has 0 bridgehead atoms. The maximum Gasteiger partial charge on any atom is 0.322 e. The van der Waals surface area contributed by atoms with Crippen molar-refractivity contribution < 1.29 is 19.1 Å². The number of carbonyl (C=O) groups excluding carboxylic acids is 3. The van der Waals surface area contributed by atoms with E-state index in [4.69, 9.17) is 4.74 Å². The molecular formula is C13H15N3O4. The fourth-order valence-electron chi connectivity index (χ4n) is 1.80. The van der Waals surface area contributed by atoms with Gasteiger partial charge in [0, 0.05) is 6.54 Å². The van der Waals surface area contributed by atoms with Crippen molar-refractivity contribution in [3.8, 4) is 5.75 Å². The van der Waals surface area contributed by atoms with Gasteiger partial charge in [0.25, 0.3) is 5.91 Å². The number of amides is 4. The van der Waals surface area contributed by atoms with E-state index in [1.807, 2.05) is 12.1 Å². The molecule has 4 amide bonds. The van der Waals surface area contributed by atoms with Gasteiger partial charge < -0.3 is 15.4 Å². The summed E-state index contributed by atoms with van der Waals surface area (Å²) < 4.78 is 5.03. The molecule has 20 heavy (non-hydrogen) atoms. The number of hydrogen-bond acceptors (Lipinski definition) is 4. The molecule has 0 radical (unpaired) electrons. The highest BCUT2D eigenvalue weighted by Gasteiger charge is 2.30. The molecule has 0 spiro atoms. The van der Waals surface area contributed by atoms with Crippen LogP contribution in [0.2, 0.25) is 0 Å². The van der Waals surface area contributed by atoms with Crippen LogP contribution in [0, 0.1) is 0 Å². The van der Waals surface area contributed by atoms with Gasteiger partial charge in [-0.05, 0) is 17.7 Å². The first kappa shape index (κ1) is 13.9. The molecule has 0 aliphatic carbocycles. The Labute approximate surface area is 115 Å². The molecule has 1 fully saturated rings. The summed E-state index contributed by atoms with van der Waals surface area (Å²) in [6, 6.07) is 5.91. The molecule has 0 aromatic heterocycles. The Kier molecular flexibility index (Phi) is 4.19. The van der Waals surface area contributed by atoms with E-state index in [0.717, 1.165) is 11.3 Å². The lowest BCUT2D eigenvalue weighted by atomic mass is 10.2. The lowest BCUT2D eigenvalue weighted by molar-refractivity contribution is -0.126. The van der Waals surface area contributed by atoms with E-state index >= 15 is 0 Å². The number of urea groups is 1. The van der Waals surface area contributed by atoms with Crippen molar-refractivity contribution >= 4 is 17.8 Å². The van der Waals surface area contributed by atoms with Gasteiger partial charge in [-0.1, -0.05) is 12.1 Å². The van der Waals surface area contributed by atoms with Crippen molar-refractivity contribution in [3.63, 3.8) is 0 Å². The van der Waals surface area contributed by atoms with Crippen LogP contribution in [-0.2, 0) is 16.1 Å². The molecule has 0 saturated carbocycles. The third-order valence-corrected chi connectivity index (χ3v) is 2.90. The molecule has 3 N–H and O–H groups in total. The van der Waals surface area contributed by atoms with Gasteiger partial charge in [0.2, 0.25) is 5.91 Å². The van der Waals surface area contributed by atoms with E-state index < -0.39 is 18.0 Å². The van der Waals surface area contributed by atoms with Crippen molar-refractivity contribution in [2.24, 2.45) is 0 Å². The summed E-state index contributed by atoms with van der Waals surface area (Å²) >= 11 is 0. The Morgan fingerprint density at radius 2 is 2.00 bits per heavy atom. The molecule has 1 saturated heterocycles. The number of methoxy groups -OCH3 is 1. The van der Waals surface area contributed by atoms with Crippen LogP contribution in [0.4, 0.5) is 4.79 Å². The summed E-state index contributed by atoms with van der Waals surface area (Å²) in [4.78, 5) is 33.9. The molecule has 1 aliphatic rings. The topological polar surface area (TPSA) is 96.5 Å². The van der Waals surface area contributed by atoms with Gasteiger partial charge in [-0.3, -0.25) is 14.9 Å². The maximum atomic E-state index is 11.7. The summed E-state index contributed by atoms with van der Waals surface area (Å²) in [5.41, 5.74) is 0.916. The molecule has 1 atom stereocenters. The zero-order chi connectivity index (χ0) is 14.5. The Balaban J connectivity index is 1.80. The van der Waals surface area contributed by atoms with Crippen LogP contribution in [0.15, 0.2) is 24.3 Å². The van der Waals surface area contributed by atoms with Crippen LogP contribution >= 0.6 is 0 Å². The standard InChI is InChI=1S/C13H15N3O4/c1-20-9-4-2-8(3-5-9)7-14-11(17)6-10-12(18)16-13(19)15-10/h2-5,10H,6-7H2,1H3,(H,14,17)(H2,15,16,18,19). The van der Waals surface area contributed by atoms with Gasteiger partial charge >= 0.3 is 6.03 Å². The zero-order valence-corrected chi connectivity index (χ0v) is 10.9. The van der Waals surface area contributed by atoms with E-state index in [-0.39, 0.29) is 12.3 Å². The Hall–Kier alpha value is -2.57. The minimum Gasteiger partial charge on any atom is -0.497 e. The highest BCUT2D eigenvalue weighted by Crippen LogP contribution is 2.11. The Morgan fingerprint density at radius 3 is 2.55 bits per heavy atom. The van der Waals surface area contributed by atoms with Gasteiger partial charge in [-0.25, -0.2) is 4.79 Å². The SMILES string of the molecule is COc1ccc(CNC(=O)CC2NC(=O)NC2=O)cc1. The van der Waals surface area contributed by atoms with Crippen LogP contribution in [0.3, 0.4) is 0 Å². The van der Waals surface area contributed by atoms with Crippen molar-refractivity contribution in [3.05, 3.63) is 29.8 Å². The summed E-state index contributed by atoms with van der Waals surface area (Å²) in [7, 11) is 1.58. The molecule has 106 valence electrons. The van der Waals surface area contributed by atoms with Crippen molar-refractivity contribution in [1.82, 2.24) is 16.0 Å². The molecule has 2 rings (SSSR count). The van der Waals surface area contributed by atoms with Crippen LogP contribution in [-0.4, -0.2) is 31.0 Å². The molecule has 1 heterocycles.